The Balaban J connectivity index is 1.08. The summed E-state index contributed by atoms with van der Waals surface area (Å²) in [6, 6.07) is 10.8. The topological polar surface area (TPSA) is 122 Å². The minimum absolute atomic E-state index is 0.122. The summed E-state index contributed by atoms with van der Waals surface area (Å²) in [5.74, 6) is 1.28. The number of halogens is 1. The predicted octanol–water partition coefficient (Wildman–Crippen LogP) is 4.53. The van der Waals surface area contributed by atoms with Crippen molar-refractivity contribution >= 4 is 29.3 Å². The van der Waals surface area contributed by atoms with Crippen LogP contribution in [-0.2, 0) is 4.79 Å². The second-order valence-corrected chi connectivity index (χ2v) is 14.3. The molecule has 3 heterocycles. The van der Waals surface area contributed by atoms with Crippen LogP contribution >= 0.6 is 11.6 Å². The van der Waals surface area contributed by atoms with Gasteiger partial charge in [0.1, 0.15) is 23.7 Å². The standard InChI is InChI=1S/C34H45ClN6O4/c1-33(2)31(34(3,4)32(33)45-26-7-5-24(20-36)27(35)19-26)38-30(44)25-6-8-28(37-21-25)41-13-10-23(11-14-41)9-12-39-15-17-40(18-16-39)22-29(42)43/h5-8,19,21,23,31-32H,9-18,22H2,1-4H3,(H,38,44)(H,42,43). The van der Waals surface area contributed by atoms with E-state index >= 15 is 0 Å². The number of anilines is 1. The first kappa shape index (κ1) is 33.0. The normalized spacial score (nSPS) is 23.5. The van der Waals surface area contributed by atoms with Gasteiger partial charge >= 0.3 is 5.97 Å². The third-order valence-corrected chi connectivity index (χ3v) is 10.4. The summed E-state index contributed by atoms with van der Waals surface area (Å²) < 4.78 is 6.35. The van der Waals surface area contributed by atoms with Crippen molar-refractivity contribution in [1.29, 1.82) is 5.26 Å². The first-order valence-electron chi connectivity index (χ1n) is 15.9. The molecule has 10 nitrogen and oxygen atoms in total. The zero-order valence-electron chi connectivity index (χ0n) is 26.8. The third kappa shape index (κ3) is 7.37. The monoisotopic (exact) mass is 636 g/mol. The van der Waals surface area contributed by atoms with E-state index in [1.165, 1.54) is 6.42 Å². The number of hydrogen-bond donors (Lipinski definition) is 2. The minimum Gasteiger partial charge on any atom is -0.489 e. The van der Waals surface area contributed by atoms with Crippen LogP contribution in [0.25, 0.3) is 0 Å². The maximum Gasteiger partial charge on any atom is 0.317 e. The number of benzene rings is 1. The van der Waals surface area contributed by atoms with Gasteiger partial charge in [0.05, 0.1) is 22.7 Å². The van der Waals surface area contributed by atoms with Crippen molar-refractivity contribution in [3.63, 3.8) is 0 Å². The van der Waals surface area contributed by atoms with Crippen LogP contribution < -0.4 is 15.0 Å². The fourth-order valence-corrected chi connectivity index (χ4v) is 7.91. The molecule has 3 fully saturated rings. The van der Waals surface area contributed by atoms with E-state index in [1.807, 2.05) is 17.0 Å². The number of ether oxygens (including phenoxy) is 1. The smallest absolute Gasteiger partial charge is 0.317 e. The number of nitrogens with one attached hydrogen (secondary N) is 1. The number of carbonyl (C=O) groups excluding carboxylic acids is 1. The van der Waals surface area contributed by atoms with E-state index in [2.05, 4.69) is 53.9 Å². The lowest BCUT2D eigenvalue weighted by molar-refractivity contribution is -0.164. The third-order valence-electron chi connectivity index (χ3n) is 10.1. The lowest BCUT2D eigenvalue weighted by Crippen LogP contribution is -2.74. The van der Waals surface area contributed by atoms with Crippen molar-refractivity contribution in [2.45, 2.75) is 59.1 Å². The Kier molecular flexibility index (Phi) is 9.92. The molecule has 5 rings (SSSR count). The Hall–Kier alpha value is -3.39. The number of carbonyl (C=O) groups is 2. The molecule has 1 aromatic heterocycles. The van der Waals surface area contributed by atoms with Gasteiger partial charge in [-0.15, -0.1) is 0 Å². The Morgan fingerprint density at radius 1 is 1.04 bits per heavy atom. The molecule has 11 heteroatoms. The number of pyridine rings is 1. The summed E-state index contributed by atoms with van der Waals surface area (Å²) >= 11 is 6.22. The van der Waals surface area contributed by atoms with E-state index < -0.39 is 5.97 Å². The SMILES string of the molecule is CC1(C)C(NC(=O)c2ccc(N3CCC(CCN4CCN(CC(=O)O)CC4)CC3)nc2)C(C)(C)C1Oc1ccc(C#N)c(Cl)c1. The number of aliphatic carboxylic acids is 1. The number of nitriles is 1. The highest BCUT2D eigenvalue weighted by molar-refractivity contribution is 6.31. The molecule has 2 aromatic rings. The summed E-state index contributed by atoms with van der Waals surface area (Å²) in [5, 5.41) is 21.8. The summed E-state index contributed by atoms with van der Waals surface area (Å²) in [4.78, 5) is 35.7. The molecular weight excluding hydrogens is 592 g/mol. The molecule has 1 saturated carbocycles. The van der Waals surface area contributed by atoms with Crippen LogP contribution in [0.2, 0.25) is 5.02 Å². The van der Waals surface area contributed by atoms with Crippen LogP contribution in [0.3, 0.4) is 0 Å². The quantitative estimate of drug-likeness (QED) is 0.387. The molecule has 0 unspecified atom stereocenters. The molecule has 0 spiro atoms. The van der Waals surface area contributed by atoms with Gasteiger partial charge in [0.2, 0.25) is 0 Å². The van der Waals surface area contributed by atoms with Crippen molar-refractivity contribution in [3.05, 3.63) is 52.7 Å². The van der Waals surface area contributed by atoms with Crippen molar-refractivity contribution in [1.82, 2.24) is 20.1 Å². The highest BCUT2D eigenvalue weighted by atomic mass is 35.5. The lowest BCUT2D eigenvalue weighted by Gasteiger charge is -2.63. The van der Waals surface area contributed by atoms with E-state index in [9.17, 15) is 9.59 Å². The number of aromatic nitrogens is 1. The molecule has 2 saturated heterocycles. The average Bonchev–Trinajstić information content (AvgIpc) is 3.02. The molecule has 3 aliphatic rings. The molecular formula is C34H45ClN6O4. The number of rotatable bonds is 10. The van der Waals surface area contributed by atoms with Crippen molar-refractivity contribution in [2.24, 2.45) is 16.7 Å². The van der Waals surface area contributed by atoms with E-state index in [0.29, 0.717) is 27.8 Å². The summed E-state index contributed by atoms with van der Waals surface area (Å²) in [6.07, 6.45) is 4.91. The van der Waals surface area contributed by atoms with Gasteiger partial charge < -0.3 is 25.0 Å². The van der Waals surface area contributed by atoms with Crippen LogP contribution in [-0.4, -0.2) is 96.3 Å². The van der Waals surface area contributed by atoms with Gasteiger partial charge in [0.15, 0.2) is 0 Å². The van der Waals surface area contributed by atoms with E-state index in [-0.39, 0.29) is 35.4 Å². The van der Waals surface area contributed by atoms with Gasteiger partial charge in [0.25, 0.3) is 5.91 Å². The van der Waals surface area contributed by atoms with Gasteiger partial charge in [-0.1, -0.05) is 39.3 Å². The molecule has 1 amide bonds. The zero-order chi connectivity index (χ0) is 32.4. The summed E-state index contributed by atoms with van der Waals surface area (Å²) in [7, 11) is 0. The van der Waals surface area contributed by atoms with Crippen LogP contribution in [0.15, 0.2) is 36.5 Å². The number of piperazine rings is 1. The number of carboxylic acids is 1. The van der Waals surface area contributed by atoms with Crippen LogP contribution in [0.4, 0.5) is 5.82 Å². The fraction of sp³-hybridized carbons (Fsp3) is 0.588. The molecule has 2 aliphatic heterocycles. The summed E-state index contributed by atoms with van der Waals surface area (Å²) in [5.41, 5.74) is 0.258. The largest absolute Gasteiger partial charge is 0.489 e. The van der Waals surface area contributed by atoms with Gasteiger partial charge in [-0.3, -0.25) is 14.5 Å². The summed E-state index contributed by atoms with van der Waals surface area (Å²) in [6.45, 7) is 15.0. The highest BCUT2D eigenvalue weighted by Crippen LogP contribution is 2.55. The Morgan fingerprint density at radius 3 is 2.29 bits per heavy atom. The maximum absolute atomic E-state index is 13.3. The van der Waals surface area contributed by atoms with Crippen molar-refractivity contribution in [3.8, 4) is 11.8 Å². The highest BCUT2D eigenvalue weighted by Gasteiger charge is 2.64. The maximum atomic E-state index is 13.3. The van der Waals surface area contributed by atoms with Crippen LogP contribution in [0.1, 0.15) is 62.9 Å². The molecule has 0 atom stereocenters. The van der Waals surface area contributed by atoms with Crippen LogP contribution in [0.5, 0.6) is 5.75 Å². The molecule has 242 valence electrons. The Bertz CT molecular complexity index is 1390. The number of hydrogen-bond acceptors (Lipinski definition) is 8. The molecule has 0 radical (unpaired) electrons. The van der Waals surface area contributed by atoms with Gasteiger partial charge in [-0.25, -0.2) is 4.98 Å². The van der Waals surface area contributed by atoms with E-state index in [1.54, 1.807) is 24.4 Å². The lowest BCUT2D eigenvalue weighted by atomic mass is 9.49. The Labute approximate surface area is 271 Å². The average molecular weight is 637 g/mol. The molecule has 2 N–H and O–H groups in total. The van der Waals surface area contributed by atoms with E-state index in [4.69, 9.17) is 26.7 Å². The first-order valence-corrected chi connectivity index (χ1v) is 16.3. The van der Waals surface area contributed by atoms with Gasteiger partial charge in [-0.05, 0) is 56.0 Å². The first-order chi connectivity index (χ1) is 21.4. The molecule has 1 aromatic carbocycles. The molecule has 0 bridgehead atoms. The molecule has 45 heavy (non-hydrogen) atoms. The van der Waals surface area contributed by atoms with Crippen LogP contribution in [0, 0.1) is 28.1 Å². The Morgan fingerprint density at radius 2 is 1.71 bits per heavy atom. The predicted molar refractivity (Wildman–Crippen MR) is 174 cm³/mol. The number of amides is 1. The second-order valence-electron chi connectivity index (χ2n) is 13.9. The minimum atomic E-state index is -0.752. The fourth-order valence-electron chi connectivity index (χ4n) is 7.70. The van der Waals surface area contributed by atoms with Gasteiger partial charge in [0, 0.05) is 68.4 Å². The van der Waals surface area contributed by atoms with E-state index in [0.717, 1.165) is 64.5 Å². The molecule has 1 aliphatic carbocycles. The zero-order valence-corrected chi connectivity index (χ0v) is 27.5. The number of carboxylic acid groups (broad SMARTS) is 1. The van der Waals surface area contributed by atoms with Crippen molar-refractivity contribution < 1.29 is 19.4 Å². The van der Waals surface area contributed by atoms with Crippen molar-refractivity contribution in [2.75, 3.05) is 57.3 Å². The number of piperidine rings is 1. The number of nitrogens with zero attached hydrogens (tertiary/aromatic N) is 5. The second kappa shape index (κ2) is 13.5. The van der Waals surface area contributed by atoms with Gasteiger partial charge in [-0.2, -0.15) is 5.26 Å².